The molecule has 0 radical (unpaired) electrons. The van der Waals surface area contributed by atoms with E-state index in [0.29, 0.717) is 19.8 Å². The zero-order valence-corrected chi connectivity index (χ0v) is 15.5. The quantitative estimate of drug-likeness (QED) is 0.761. The molecule has 0 aliphatic carbocycles. The fourth-order valence-electron chi connectivity index (χ4n) is 3.68. The van der Waals surface area contributed by atoms with Crippen LogP contribution < -0.4 is 0 Å². The van der Waals surface area contributed by atoms with Gasteiger partial charge in [-0.2, -0.15) is 0 Å². The first-order chi connectivity index (χ1) is 12.7. The highest BCUT2D eigenvalue weighted by atomic mass is 19.1. The first-order valence-electron chi connectivity index (χ1n) is 9.75. The lowest BCUT2D eigenvalue weighted by atomic mass is 10.2. The Morgan fingerprint density at radius 2 is 1.88 bits per heavy atom. The van der Waals surface area contributed by atoms with Crippen molar-refractivity contribution < 1.29 is 19.0 Å². The minimum atomic E-state index is -0.458. The average molecular weight is 366 g/mol. The van der Waals surface area contributed by atoms with Gasteiger partial charge in [0.25, 0.3) is 0 Å². The van der Waals surface area contributed by atoms with Gasteiger partial charge >= 0.3 is 0 Å². The summed E-state index contributed by atoms with van der Waals surface area (Å²) in [6, 6.07) is 6.75. The number of halogens is 1. The molecule has 2 aliphatic heterocycles. The molecule has 2 fully saturated rings. The van der Waals surface area contributed by atoms with Gasteiger partial charge in [-0.1, -0.05) is 12.1 Å². The topological polar surface area (TPSA) is 45.2 Å². The van der Waals surface area contributed by atoms with E-state index in [1.807, 2.05) is 12.1 Å². The predicted molar refractivity (Wildman–Crippen MR) is 98.5 cm³/mol. The van der Waals surface area contributed by atoms with Crippen LogP contribution in [0.5, 0.6) is 0 Å². The Morgan fingerprint density at radius 3 is 2.65 bits per heavy atom. The van der Waals surface area contributed by atoms with Crippen molar-refractivity contribution in [3.8, 4) is 0 Å². The van der Waals surface area contributed by atoms with Crippen LogP contribution >= 0.6 is 0 Å². The fraction of sp³-hybridized carbons (Fsp3) is 0.700. The molecule has 3 rings (SSSR count). The number of β-amino-alcohol motifs (C(OH)–C–C–N with tert-alkyl or cyclic N) is 1. The van der Waals surface area contributed by atoms with Crippen molar-refractivity contribution in [2.45, 2.75) is 38.0 Å². The van der Waals surface area contributed by atoms with Crippen LogP contribution in [-0.4, -0.2) is 79.7 Å². The summed E-state index contributed by atoms with van der Waals surface area (Å²) < 4.78 is 24.2. The van der Waals surface area contributed by atoms with Crippen LogP contribution in [0.4, 0.5) is 4.39 Å². The molecule has 1 N–H and O–H groups in total. The Balaban J connectivity index is 1.34. The second-order valence-electron chi connectivity index (χ2n) is 7.38. The number of rotatable bonds is 8. The van der Waals surface area contributed by atoms with Gasteiger partial charge in [0.15, 0.2) is 0 Å². The molecule has 0 saturated carbocycles. The normalized spacial score (nSPS) is 23.8. The molecule has 26 heavy (non-hydrogen) atoms. The van der Waals surface area contributed by atoms with E-state index in [9.17, 15) is 9.50 Å². The lowest BCUT2D eigenvalue weighted by Gasteiger charge is -2.24. The van der Waals surface area contributed by atoms with E-state index in [2.05, 4.69) is 9.80 Å². The maximum atomic E-state index is 13.0. The molecule has 0 bridgehead atoms. The van der Waals surface area contributed by atoms with Crippen LogP contribution in [0.25, 0.3) is 0 Å². The van der Waals surface area contributed by atoms with E-state index in [1.54, 1.807) is 0 Å². The van der Waals surface area contributed by atoms with Gasteiger partial charge in [0.1, 0.15) is 5.82 Å². The van der Waals surface area contributed by atoms with Gasteiger partial charge in [-0.25, -0.2) is 4.39 Å². The smallest absolute Gasteiger partial charge is 0.123 e. The van der Waals surface area contributed by atoms with Crippen molar-refractivity contribution in [1.29, 1.82) is 0 Å². The average Bonchev–Trinajstić information content (AvgIpc) is 3.05. The highest BCUT2D eigenvalue weighted by molar-refractivity contribution is 5.15. The second kappa shape index (κ2) is 10.3. The summed E-state index contributed by atoms with van der Waals surface area (Å²) in [5, 5.41) is 10.2. The minimum absolute atomic E-state index is 0.188. The summed E-state index contributed by atoms with van der Waals surface area (Å²) in [5.41, 5.74) is 1.14. The van der Waals surface area contributed by atoms with E-state index in [4.69, 9.17) is 9.47 Å². The van der Waals surface area contributed by atoms with E-state index in [0.717, 1.165) is 64.2 Å². The monoisotopic (exact) mass is 366 g/mol. The molecule has 2 saturated heterocycles. The number of hydrogen-bond acceptors (Lipinski definition) is 5. The van der Waals surface area contributed by atoms with Crippen LogP contribution in [0.2, 0.25) is 0 Å². The highest BCUT2D eigenvalue weighted by Crippen LogP contribution is 2.13. The minimum Gasteiger partial charge on any atom is -0.389 e. The first-order valence-corrected chi connectivity index (χ1v) is 9.75. The molecular formula is C20H31FN2O3. The molecule has 2 heterocycles. The fourth-order valence-corrected chi connectivity index (χ4v) is 3.68. The summed E-state index contributed by atoms with van der Waals surface area (Å²) >= 11 is 0. The summed E-state index contributed by atoms with van der Waals surface area (Å²) in [6.45, 7) is 7.20. The van der Waals surface area contributed by atoms with Gasteiger partial charge < -0.3 is 14.6 Å². The van der Waals surface area contributed by atoms with Crippen molar-refractivity contribution in [2.75, 3.05) is 52.5 Å². The third-order valence-electron chi connectivity index (χ3n) is 5.11. The van der Waals surface area contributed by atoms with Gasteiger partial charge in [-0.05, 0) is 50.0 Å². The maximum absolute atomic E-state index is 13.0. The summed E-state index contributed by atoms with van der Waals surface area (Å²) in [6.07, 6.45) is 3.00. The number of nitrogens with zero attached hydrogens (tertiary/aromatic N) is 2. The zero-order chi connectivity index (χ0) is 18.2. The Morgan fingerprint density at radius 1 is 1.12 bits per heavy atom. The Labute approximate surface area is 155 Å². The summed E-state index contributed by atoms with van der Waals surface area (Å²) in [5.74, 6) is -0.188. The molecule has 2 atom stereocenters. The Hall–Kier alpha value is -1.05. The SMILES string of the molecule is OC(COCC1CCCO1)CN1CCCN(Cc2ccc(F)cc2)CC1. The Bertz CT molecular complexity index is 522. The van der Waals surface area contributed by atoms with Crippen molar-refractivity contribution in [3.05, 3.63) is 35.6 Å². The van der Waals surface area contributed by atoms with E-state index in [1.165, 1.54) is 12.1 Å². The van der Waals surface area contributed by atoms with E-state index >= 15 is 0 Å². The van der Waals surface area contributed by atoms with Crippen molar-refractivity contribution >= 4 is 0 Å². The molecule has 146 valence electrons. The molecule has 2 unspecified atom stereocenters. The summed E-state index contributed by atoms with van der Waals surface area (Å²) in [4.78, 5) is 4.71. The first kappa shape index (κ1) is 19.7. The molecule has 0 amide bonds. The van der Waals surface area contributed by atoms with Gasteiger partial charge in [0, 0.05) is 32.8 Å². The number of aliphatic hydroxyl groups is 1. The van der Waals surface area contributed by atoms with Crippen LogP contribution in [0.15, 0.2) is 24.3 Å². The van der Waals surface area contributed by atoms with Gasteiger partial charge in [-0.15, -0.1) is 0 Å². The van der Waals surface area contributed by atoms with Gasteiger partial charge in [0.05, 0.1) is 25.4 Å². The van der Waals surface area contributed by atoms with Crippen LogP contribution in [0, 0.1) is 5.82 Å². The van der Waals surface area contributed by atoms with Crippen LogP contribution in [0.1, 0.15) is 24.8 Å². The van der Waals surface area contributed by atoms with Gasteiger partial charge in [-0.3, -0.25) is 9.80 Å². The van der Waals surface area contributed by atoms with Crippen molar-refractivity contribution in [1.82, 2.24) is 9.80 Å². The van der Waals surface area contributed by atoms with E-state index in [-0.39, 0.29) is 11.9 Å². The van der Waals surface area contributed by atoms with E-state index < -0.39 is 6.10 Å². The number of hydrogen-bond donors (Lipinski definition) is 1. The molecule has 0 aromatic heterocycles. The summed E-state index contributed by atoms with van der Waals surface area (Å²) in [7, 11) is 0. The van der Waals surface area contributed by atoms with Crippen molar-refractivity contribution in [3.63, 3.8) is 0 Å². The zero-order valence-electron chi connectivity index (χ0n) is 15.5. The van der Waals surface area contributed by atoms with Crippen LogP contribution in [-0.2, 0) is 16.0 Å². The number of benzene rings is 1. The van der Waals surface area contributed by atoms with Crippen LogP contribution in [0.3, 0.4) is 0 Å². The molecule has 0 spiro atoms. The third-order valence-corrected chi connectivity index (χ3v) is 5.11. The molecule has 1 aromatic rings. The third kappa shape index (κ3) is 6.59. The molecule has 1 aromatic carbocycles. The molecule has 5 nitrogen and oxygen atoms in total. The van der Waals surface area contributed by atoms with Gasteiger partial charge in [0.2, 0.25) is 0 Å². The lowest BCUT2D eigenvalue weighted by molar-refractivity contribution is -0.0248. The molecule has 2 aliphatic rings. The largest absolute Gasteiger partial charge is 0.389 e. The number of aliphatic hydroxyl groups excluding tert-OH is 1. The lowest BCUT2D eigenvalue weighted by Crippen LogP contribution is -2.38. The molecular weight excluding hydrogens is 335 g/mol. The second-order valence-corrected chi connectivity index (χ2v) is 7.38. The Kier molecular flexibility index (Phi) is 7.83. The predicted octanol–water partition coefficient (Wildman–Crippen LogP) is 1.89. The van der Waals surface area contributed by atoms with Crippen molar-refractivity contribution in [2.24, 2.45) is 0 Å². The standard InChI is InChI=1S/C20H31FN2O3/c21-18-6-4-17(5-7-18)13-22-8-2-9-23(11-10-22)14-19(24)15-25-16-20-3-1-12-26-20/h4-7,19-20,24H,1-3,8-16H2. The molecule has 6 heteroatoms. The number of ether oxygens (including phenoxy) is 2. The highest BCUT2D eigenvalue weighted by Gasteiger charge is 2.19. The maximum Gasteiger partial charge on any atom is 0.123 e.